The van der Waals surface area contributed by atoms with Gasteiger partial charge in [-0.05, 0) is 43.2 Å². The summed E-state index contributed by atoms with van der Waals surface area (Å²) in [5, 5.41) is 3.44. The summed E-state index contributed by atoms with van der Waals surface area (Å²) in [5.41, 5.74) is 2.61. The Morgan fingerprint density at radius 2 is 1.72 bits per heavy atom. The minimum atomic E-state index is 0.710. The maximum atomic E-state index is 5.47. The summed E-state index contributed by atoms with van der Waals surface area (Å²) in [6.45, 7) is 11.4. The molecule has 2 aliphatic heterocycles. The molecule has 0 amide bonds. The van der Waals surface area contributed by atoms with Crippen LogP contribution in [0.3, 0.4) is 0 Å². The Bertz CT molecular complexity index is 608. The second kappa shape index (κ2) is 12.2. The summed E-state index contributed by atoms with van der Waals surface area (Å²) in [7, 11) is 2.15. The van der Waals surface area contributed by atoms with Crippen LogP contribution < -0.4 is 5.32 Å². The van der Waals surface area contributed by atoms with E-state index in [1.54, 1.807) is 0 Å². The molecule has 29 heavy (non-hydrogen) atoms. The minimum absolute atomic E-state index is 0.710. The fraction of sp³-hybridized carbons (Fsp3) is 0.696. The molecule has 0 aromatic heterocycles. The Morgan fingerprint density at radius 1 is 1.07 bits per heavy atom. The normalized spacial score (nSPS) is 19.3. The van der Waals surface area contributed by atoms with Crippen LogP contribution in [0.1, 0.15) is 37.3 Å². The molecule has 0 bridgehead atoms. The predicted molar refractivity (Wildman–Crippen MR) is 118 cm³/mol. The minimum Gasteiger partial charge on any atom is -0.381 e. The first-order valence-corrected chi connectivity index (χ1v) is 11.2. The SMILES string of the molecule is CCNC(=NCc1ccc(CN2CCOCC2)cc1)N(C)CCC1CCOCC1. The van der Waals surface area contributed by atoms with Gasteiger partial charge in [0, 0.05) is 53.0 Å². The van der Waals surface area contributed by atoms with Gasteiger partial charge in [-0.1, -0.05) is 24.3 Å². The molecule has 3 rings (SSSR count). The molecule has 0 radical (unpaired) electrons. The molecule has 0 atom stereocenters. The highest BCUT2D eigenvalue weighted by Gasteiger charge is 2.15. The van der Waals surface area contributed by atoms with E-state index < -0.39 is 0 Å². The van der Waals surface area contributed by atoms with Crippen LogP contribution in [0.15, 0.2) is 29.3 Å². The third-order valence-electron chi connectivity index (χ3n) is 5.85. The molecule has 2 aliphatic rings. The zero-order valence-corrected chi connectivity index (χ0v) is 18.2. The van der Waals surface area contributed by atoms with E-state index in [4.69, 9.17) is 14.5 Å². The van der Waals surface area contributed by atoms with Crippen molar-refractivity contribution >= 4 is 5.96 Å². The van der Waals surface area contributed by atoms with Gasteiger partial charge in [0.1, 0.15) is 0 Å². The lowest BCUT2D eigenvalue weighted by Gasteiger charge is -2.27. The molecule has 0 aliphatic carbocycles. The van der Waals surface area contributed by atoms with Crippen LogP contribution in [0, 0.1) is 5.92 Å². The quantitative estimate of drug-likeness (QED) is 0.535. The number of hydrogen-bond acceptors (Lipinski definition) is 4. The monoisotopic (exact) mass is 402 g/mol. The van der Waals surface area contributed by atoms with E-state index in [1.165, 1.54) is 30.4 Å². The summed E-state index contributed by atoms with van der Waals surface area (Å²) in [5.74, 6) is 1.78. The molecular formula is C23H38N4O2. The van der Waals surface area contributed by atoms with Crippen LogP contribution >= 0.6 is 0 Å². The van der Waals surface area contributed by atoms with Crippen LogP contribution in [-0.4, -0.2) is 75.4 Å². The Hall–Kier alpha value is -1.63. The zero-order chi connectivity index (χ0) is 20.3. The van der Waals surface area contributed by atoms with E-state index in [0.29, 0.717) is 6.54 Å². The third-order valence-corrected chi connectivity index (χ3v) is 5.85. The summed E-state index contributed by atoms with van der Waals surface area (Å²) in [4.78, 5) is 9.59. The van der Waals surface area contributed by atoms with Crippen molar-refractivity contribution in [1.82, 2.24) is 15.1 Å². The van der Waals surface area contributed by atoms with Crippen molar-refractivity contribution in [3.05, 3.63) is 35.4 Å². The third kappa shape index (κ3) is 7.61. The highest BCUT2D eigenvalue weighted by molar-refractivity contribution is 5.79. The Balaban J connectivity index is 1.48. The fourth-order valence-electron chi connectivity index (χ4n) is 3.92. The first-order valence-electron chi connectivity index (χ1n) is 11.2. The molecule has 2 heterocycles. The van der Waals surface area contributed by atoms with Crippen LogP contribution in [-0.2, 0) is 22.6 Å². The van der Waals surface area contributed by atoms with Gasteiger partial charge in [-0.3, -0.25) is 4.90 Å². The van der Waals surface area contributed by atoms with Crippen LogP contribution in [0.4, 0.5) is 0 Å². The molecule has 1 aromatic carbocycles. The average Bonchev–Trinajstić information content (AvgIpc) is 2.77. The van der Waals surface area contributed by atoms with Crippen LogP contribution in [0.5, 0.6) is 0 Å². The molecule has 0 spiro atoms. The van der Waals surface area contributed by atoms with Gasteiger partial charge < -0.3 is 19.7 Å². The standard InChI is InChI=1S/C23H38N4O2/c1-3-24-23(26(2)11-8-20-9-14-28-15-10-20)25-18-21-4-6-22(7-5-21)19-27-12-16-29-17-13-27/h4-7,20H,3,8-19H2,1-2H3,(H,24,25). The molecule has 162 valence electrons. The van der Waals surface area contributed by atoms with Gasteiger partial charge in [0.2, 0.25) is 0 Å². The van der Waals surface area contributed by atoms with Crippen molar-refractivity contribution in [2.45, 2.75) is 39.3 Å². The highest BCUT2D eigenvalue weighted by Crippen LogP contribution is 2.18. The first-order chi connectivity index (χ1) is 14.2. The molecule has 2 saturated heterocycles. The first kappa shape index (κ1) is 22.1. The summed E-state index contributed by atoms with van der Waals surface area (Å²) < 4.78 is 10.9. The topological polar surface area (TPSA) is 49.3 Å². The van der Waals surface area contributed by atoms with Gasteiger partial charge in [0.05, 0.1) is 19.8 Å². The van der Waals surface area contributed by atoms with Crippen molar-refractivity contribution in [2.75, 3.05) is 59.7 Å². The van der Waals surface area contributed by atoms with Gasteiger partial charge >= 0.3 is 0 Å². The van der Waals surface area contributed by atoms with Gasteiger partial charge in [-0.2, -0.15) is 0 Å². The molecule has 0 saturated carbocycles. The molecule has 2 fully saturated rings. The van der Waals surface area contributed by atoms with E-state index >= 15 is 0 Å². The molecule has 6 heteroatoms. The van der Waals surface area contributed by atoms with E-state index in [2.05, 4.69) is 53.4 Å². The molecule has 1 N–H and O–H groups in total. The molecule has 6 nitrogen and oxygen atoms in total. The lowest BCUT2D eigenvalue weighted by Crippen LogP contribution is -2.40. The molecule has 0 unspecified atom stereocenters. The number of nitrogens with zero attached hydrogens (tertiary/aromatic N) is 3. The van der Waals surface area contributed by atoms with Gasteiger partial charge in [0.25, 0.3) is 0 Å². The van der Waals surface area contributed by atoms with E-state index in [0.717, 1.165) is 71.0 Å². The van der Waals surface area contributed by atoms with Crippen molar-refractivity contribution in [2.24, 2.45) is 10.9 Å². The Morgan fingerprint density at radius 3 is 2.41 bits per heavy atom. The molecular weight excluding hydrogens is 364 g/mol. The fourth-order valence-corrected chi connectivity index (χ4v) is 3.92. The summed E-state index contributed by atoms with van der Waals surface area (Å²) >= 11 is 0. The number of aliphatic imine (C=N–C) groups is 1. The van der Waals surface area contributed by atoms with Crippen molar-refractivity contribution < 1.29 is 9.47 Å². The number of nitrogens with one attached hydrogen (secondary N) is 1. The van der Waals surface area contributed by atoms with Gasteiger partial charge in [0.15, 0.2) is 5.96 Å². The number of morpholine rings is 1. The summed E-state index contributed by atoms with van der Waals surface area (Å²) in [6, 6.07) is 8.90. The zero-order valence-electron chi connectivity index (χ0n) is 18.2. The maximum Gasteiger partial charge on any atom is 0.193 e. The second-order valence-corrected chi connectivity index (χ2v) is 8.14. The Labute approximate surface area is 176 Å². The van der Waals surface area contributed by atoms with E-state index in [-0.39, 0.29) is 0 Å². The van der Waals surface area contributed by atoms with E-state index in [1.807, 2.05) is 0 Å². The lowest BCUT2D eigenvalue weighted by molar-refractivity contribution is 0.0342. The van der Waals surface area contributed by atoms with Gasteiger partial charge in [-0.25, -0.2) is 4.99 Å². The second-order valence-electron chi connectivity index (χ2n) is 8.14. The van der Waals surface area contributed by atoms with Gasteiger partial charge in [-0.15, -0.1) is 0 Å². The smallest absolute Gasteiger partial charge is 0.193 e. The number of rotatable bonds is 8. The number of ether oxygens (including phenoxy) is 2. The van der Waals surface area contributed by atoms with Crippen LogP contribution in [0.25, 0.3) is 0 Å². The number of benzene rings is 1. The number of hydrogen-bond donors (Lipinski definition) is 1. The van der Waals surface area contributed by atoms with Crippen molar-refractivity contribution in [1.29, 1.82) is 0 Å². The Kier molecular flexibility index (Phi) is 9.25. The van der Waals surface area contributed by atoms with E-state index in [9.17, 15) is 0 Å². The maximum absolute atomic E-state index is 5.47. The number of guanidine groups is 1. The van der Waals surface area contributed by atoms with Crippen LogP contribution in [0.2, 0.25) is 0 Å². The summed E-state index contributed by atoms with van der Waals surface area (Å²) in [6.07, 6.45) is 3.59. The average molecular weight is 403 g/mol. The van der Waals surface area contributed by atoms with Crippen molar-refractivity contribution in [3.8, 4) is 0 Å². The predicted octanol–water partition coefficient (Wildman–Crippen LogP) is 2.73. The molecule has 1 aromatic rings. The largest absolute Gasteiger partial charge is 0.381 e. The highest BCUT2D eigenvalue weighted by atomic mass is 16.5. The lowest BCUT2D eigenvalue weighted by atomic mass is 9.96. The van der Waals surface area contributed by atoms with Crippen molar-refractivity contribution in [3.63, 3.8) is 0 Å².